The van der Waals surface area contributed by atoms with Gasteiger partial charge in [-0.25, -0.2) is 9.97 Å². The predicted molar refractivity (Wildman–Crippen MR) is 94.6 cm³/mol. The molecule has 3 rings (SSSR count). The van der Waals surface area contributed by atoms with Crippen molar-refractivity contribution in [3.05, 3.63) is 96.6 Å². The highest BCUT2D eigenvalue weighted by Gasteiger charge is 2.07. The molecule has 0 aliphatic rings. The SMILES string of the molecule is O=C(C=C(Nc1ccccn1)Nc1ccccn1)c1ccccc1. The number of benzene rings is 1. The number of allylic oxidation sites excluding steroid dienone is 1. The highest BCUT2D eigenvalue weighted by molar-refractivity contribution is 6.05. The molecule has 0 saturated carbocycles. The second-order valence-corrected chi connectivity index (χ2v) is 4.97. The van der Waals surface area contributed by atoms with Crippen LogP contribution in [0.4, 0.5) is 11.6 Å². The van der Waals surface area contributed by atoms with Crippen LogP contribution in [0.5, 0.6) is 0 Å². The van der Waals surface area contributed by atoms with Crippen LogP contribution < -0.4 is 10.6 Å². The normalized spacial score (nSPS) is 9.83. The minimum Gasteiger partial charge on any atom is -0.326 e. The molecule has 24 heavy (non-hydrogen) atoms. The Morgan fingerprint density at radius 3 is 1.79 bits per heavy atom. The molecule has 0 saturated heterocycles. The first-order chi connectivity index (χ1) is 11.8. The van der Waals surface area contributed by atoms with Gasteiger partial charge in [-0.3, -0.25) is 4.79 Å². The molecule has 5 nitrogen and oxygen atoms in total. The van der Waals surface area contributed by atoms with Gasteiger partial charge in [-0.2, -0.15) is 0 Å². The Balaban J connectivity index is 1.86. The molecule has 0 bridgehead atoms. The molecular formula is C19H16N4O. The van der Waals surface area contributed by atoms with Crippen LogP contribution in [0.1, 0.15) is 10.4 Å². The van der Waals surface area contributed by atoms with Crippen molar-refractivity contribution in [2.24, 2.45) is 0 Å². The van der Waals surface area contributed by atoms with Gasteiger partial charge in [0.05, 0.1) is 0 Å². The predicted octanol–water partition coefficient (Wildman–Crippen LogP) is 3.72. The molecule has 0 aliphatic carbocycles. The first-order valence-electron chi connectivity index (χ1n) is 7.48. The van der Waals surface area contributed by atoms with E-state index in [0.717, 1.165) is 0 Å². The summed E-state index contributed by atoms with van der Waals surface area (Å²) in [5.74, 6) is 1.65. The van der Waals surface area contributed by atoms with Gasteiger partial charge in [0.2, 0.25) is 0 Å². The number of anilines is 2. The van der Waals surface area contributed by atoms with Gasteiger partial charge in [-0.15, -0.1) is 0 Å². The van der Waals surface area contributed by atoms with Crippen molar-refractivity contribution in [2.45, 2.75) is 0 Å². The molecule has 2 heterocycles. The Labute approximate surface area is 140 Å². The van der Waals surface area contributed by atoms with Gasteiger partial charge in [0.25, 0.3) is 0 Å². The number of ketones is 1. The lowest BCUT2D eigenvalue weighted by Gasteiger charge is -2.12. The van der Waals surface area contributed by atoms with Gasteiger partial charge in [0.15, 0.2) is 5.78 Å². The van der Waals surface area contributed by atoms with E-state index in [-0.39, 0.29) is 5.78 Å². The number of pyridine rings is 2. The fraction of sp³-hybridized carbons (Fsp3) is 0. The van der Waals surface area contributed by atoms with Gasteiger partial charge in [-0.1, -0.05) is 42.5 Å². The lowest BCUT2D eigenvalue weighted by molar-refractivity contribution is 0.104. The quantitative estimate of drug-likeness (QED) is 0.536. The molecule has 0 atom stereocenters. The van der Waals surface area contributed by atoms with Crippen LogP contribution in [-0.4, -0.2) is 15.8 Å². The molecule has 2 N–H and O–H groups in total. The maximum atomic E-state index is 12.4. The van der Waals surface area contributed by atoms with Crippen LogP contribution in [0.2, 0.25) is 0 Å². The number of carbonyl (C=O) groups is 1. The number of carbonyl (C=O) groups excluding carboxylic acids is 1. The van der Waals surface area contributed by atoms with Crippen molar-refractivity contribution in [3.63, 3.8) is 0 Å². The summed E-state index contributed by atoms with van der Waals surface area (Å²) in [7, 11) is 0. The highest BCUT2D eigenvalue weighted by atomic mass is 16.1. The Bertz CT molecular complexity index is 774. The molecule has 1 aromatic carbocycles. The van der Waals surface area contributed by atoms with E-state index < -0.39 is 0 Å². The standard InChI is InChI=1S/C19H16N4O/c24-16(15-8-2-1-3-9-15)14-19(22-17-10-4-6-12-20-17)23-18-11-5-7-13-21-18/h1-14H,(H,20,22)(H,21,23). The Morgan fingerprint density at radius 2 is 1.29 bits per heavy atom. The molecule has 0 unspecified atom stereocenters. The number of nitrogens with one attached hydrogen (secondary N) is 2. The summed E-state index contributed by atoms with van der Waals surface area (Å²) in [5, 5.41) is 6.21. The van der Waals surface area contributed by atoms with Crippen molar-refractivity contribution in [3.8, 4) is 0 Å². The summed E-state index contributed by atoms with van der Waals surface area (Å²) in [5.41, 5.74) is 0.612. The zero-order chi connectivity index (χ0) is 16.6. The van der Waals surface area contributed by atoms with E-state index in [1.807, 2.05) is 54.6 Å². The molecule has 0 radical (unpaired) electrons. The lowest BCUT2D eigenvalue weighted by Crippen LogP contribution is -2.13. The van der Waals surface area contributed by atoms with E-state index in [0.29, 0.717) is 23.0 Å². The fourth-order valence-corrected chi connectivity index (χ4v) is 2.07. The third-order valence-electron chi connectivity index (χ3n) is 3.19. The zero-order valence-electron chi connectivity index (χ0n) is 12.9. The third-order valence-corrected chi connectivity index (χ3v) is 3.19. The number of aromatic nitrogens is 2. The number of hydrogen-bond acceptors (Lipinski definition) is 5. The summed E-state index contributed by atoms with van der Waals surface area (Å²) < 4.78 is 0. The average molecular weight is 316 g/mol. The number of rotatable bonds is 6. The van der Waals surface area contributed by atoms with Crippen LogP contribution in [0, 0.1) is 0 Å². The third kappa shape index (κ3) is 4.27. The summed E-state index contributed by atoms with van der Waals surface area (Å²) in [6.07, 6.45) is 4.86. The van der Waals surface area contributed by atoms with Crippen LogP contribution in [-0.2, 0) is 0 Å². The Morgan fingerprint density at radius 1 is 0.750 bits per heavy atom. The second-order valence-electron chi connectivity index (χ2n) is 4.97. The Hall–Kier alpha value is -3.47. The van der Waals surface area contributed by atoms with Crippen molar-refractivity contribution < 1.29 is 4.79 Å². The van der Waals surface area contributed by atoms with E-state index in [1.54, 1.807) is 24.5 Å². The fourth-order valence-electron chi connectivity index (χ4n) is 2.07. The second kappa shape index (κ2) is 7.69. The first kappa shape index (κ1) is 15.4. The summed E-state index contributed by atoms with van der Waals surface area (Å²) in [6.45, 7) is 0. The molecular weight excluding hydrogens is 300 g/mol. The van der Waals surface area contributed by atoms with Gasteiger partial charge in [0.1, 0.15) is 17.5 Å². The van der Waals surface area contributed by atoms with E-state index in [1.165, 1.54) is 6.08 Å². The minimum absolute atomic E-state index is 0.113. The summed E-state index contributed by atoms with van der Waals surface area (Å²) in [4.78, 5) is 20.9. The molecule has 118 valence electrons. The van der Waals surface area contributed by atoms with Crippen LogP contribution >= 0.6 is 0 Å². The highest BCUT2D eigenvalue weighted by Crippen LogP contribution is 2.11. The minimum atomic E-state index is -0.113. The average Bonchev–Trinajstić information content (AvgIpc) is 2.64. The van der Waals surface area contributed by atoms with Gasteiger partial charge in [-0.05, 0) is 24.3 Å². The van der Waals surface area contributed by atoms with Crippen LogP contribution in [0.15, 0.2) is 91.0 Å². The summed E-state index contributed by atoms with van der Waals surface area (Å²) in [6, 6.07) is 20.1. The zero-order valence-corrected chi connectivity index (χ0v) is 12.9. The van der Waals surface area contributed by atoms with Gasteiger partial charge < -0.3 is 10.6 Å². The van der Waals surface area contributed by atoms with E-state index in [2.05, 4.69) is 20.6 Å². The topological polar surface area (TPSA) is 66.9 Å². The van der Waals surface area contributed by atoms with E-state index in [9.17, 15) is 4.79 Å². The Kier molecular flexibility index (Phi) is 4.94. The molecule has 0 amide bonds. The van der Waals surface area contributed by atoms with Crippen LogP contribution in [0.3, 0.4) is 0 Å². The molecule has 5 heteroatoms. The van der Waals surface area contributed by atoms with Crippen LogP contribution in [0.25, 0.3) is 0 Å². The van der Waals surface area contributed by atoms with Gasteiger partial charge >= 0.3 is 0 Å². The molecule has 0 fully saturated rings. The smallest absolute Gasteiger partial charge is 0.189 e. The molecule has 2 aromatic heterocycles. The maximum Gasteiger partial charge on any atom is 0.189 e. The lowest BCUT2D eigenvalue weighted by atomic mass is 10.1. The molecule has 0 aliphatic heterocycles. The van der Waals surface area contributed by atoms with Crippen molar-refractivity contribution >= 4 is 17.4 Å². The molecule has 3 aromatic rings. The van der Waals surface area contributed by atoms with Crippen molar-refractivity contribution in [1.29, 1.82) is 0 Å². The van der Waals surface area contributed by atoms with E-state index >= 15 is 0 Å². The van der Waals surface area contributed by atoms with Gasteiger partial charge in [0, 0.05) is 24.0 Å². The van der Waals surface area contributed by atoms with Crippen molar-refractivity contribution in [2.75, 3.05) is 10.6 Å². The number of hydrogen-bond donors (Lipinski definition) is 2. The van der Waals surface area contributed by atoms with E-state index in [4.69, 9.17) is 0 Å². The largest absolute Gasteiger partial charge is 0.326 e. The van der Waals surface area contributed by atoms with Crippen molar-refractivity contribution in [1.82, 2.24) is 9.97 Å². The first-order valence-corrected chi connectivity index (χ1v) is 7.48. The molecule has 0 spiro atoms. The summed E-state index contributed by atoms with van der Waals surface area (Å²) >= 11 is 0. The monoisotopic (exact) mass is 316 g/mol. The number of nitrogens with zero attached hydrogens (tertiary/aromatic N) is 2. The maximum absolute atomic E-state index is 12.4.